The highest BCUT2D eigenvalue weighted by molar-refractivity contribution is 7.11. The summed E-state index contributed by atoms with van der Waals surface area (Å²) < 4.78 is 0. The maximum Gasteiger partial charge on any atom is 0.230 e. The summed E-state index contributed by atoms with van der Waals surface area (Å²) >= 11 is 1.61. The van der Waals surface area contributed by atoms with Gasteiger partial charge in [-0.1, -0.05) is 0 Å². The molecule has 0 bridgehead atoms. The molecule has 5 nitrogen and oxygen atoms in total. The third kappa shape index (κ3) is 3.33. The predicted molar refractivity (Wildman–Crippen MR) is 97.5 cm³/mol. The lowest BCUT2D eigenvalue weighted by atomic mass is 9.78. The summed E-state index contributed by atoms with van der Waals surface area (Å²) in [6.07, 6.45) is 5.82. The summed E-state index contributed by atoms with van der Waals surface area (Å²) in [6, 6.07) is 0. The van der Waals surface area contributed by atoms with Gasteiger partial charge in [0.05, 0.1) is 22.5 Å². The van der Waals surface area contributed by atoms with Crippen molar-refractivity contribution in [3.8, 4) is 0 Å². The van der Waals surface area contributed by atoms with Crippen molar-refractivity contribution in [3.63, 3.8) is 0 Å². The monoisotopic (exact) mass is 361 g/mol. The second-order valence-electron chi connectivity index (χ2n) is 8.06. The van der Waals surface area contributed by atoms with Crippen LogP contribution in [0.15, 0.2) is 0 Å². The number of rotatable bonds is 4. The predicted octanol–water partition coefficient (Wildman–Crippen LogP) is 2.55. The lowest BCUT2D eigenvalue weighted by Gasteiger charge is -2.39. The average Bonchev–Trinajstić information content (AvgIpc) is 3.19. The number of thiazole rings is 1. The molecule has 2 amide bonds. The first-order valence-electron chi connectivity index (χ1n) is 9.47. The Morgan fingerprint density at radius 3 is 2.76 bits per heavy atom. The molecule has 1 aromatic heterocycles. The fraction of sp³-hybridized carbons (Fsp3) is 0.737. The highest BCUT2D eigenvalue weighted by Crippen LogP contribution is 2.42. The molecule has 3 fully saturated rings. The van der Waals surface area contributed by atoms with E-state index in [1.807, 2.05) is 18.7 Å². The van der Waals surface area contributed by atoms with Crippen LogP contribution in [0.4, 0.5) is 0 Å². The molecule has 1 aliphatic carbocycles. The largest absolute Gasteiger partial charge is 0.342 e. The third-order valence-electron chi connectivity index (χ3n) is 6.02. The Hall–Kier alpha value is -1.43. The maximum absolute atomic E-state index is 13.1. The Labute approximate surface area is 153 Å². The van der Waals surface area contributed by atoms with Crippen LogP contribution in [-0.4, -0.2) is 52.8 Å². The van der Waals surface area contributed by atoms with Crippen LogP contribution in [0.2, 0.25) is 0 Å². The normalized spacial score (nSPS) is 26.7. The molecule has 136 valence electrons. The van der Waals surface area contributed by atoms with Gasteiger partial charge in [-0.3, -0.25) is 9.59 Å². The number of hydrogen-bond acceptors (Lipinski definition) is 4. The van der Waals surface area contributed by atoms with E-state index in [0.717, 1.165) is 60.4 Å². The van der Waals surface area contributed by atoms with Gasteiger partial charge in [0.2, 0.25) is 11.8 Å². The molecule has 1 spiro atoms. The molecular formula is C19H27N3O2S. The summed E-state index contributed by atoms with van der Waals surface area (Å²) in [5, 5.41) is 1.01. The summed E-state index contributed by atoms with van der Waals surface area (Å²) in [5.41, 5.74) is 0.663. The summed E-state index contributed by atoms with van der Waals surface area (Å²) in [4.78, 5) is 35.3. The van der Waals surface area contributed by atoms with Gasteiger partial charge in [-0.05, 0) is 51.9 Å². The molecule has 2 saturated heterocycles. The van der Waals surface area contributed by atoms with Crippen molar-refractivity contribution in [1.82, 2.24) is 14.8 Å². The molecule has 0 aromatic carbocycles. The van der Waals surface area contributed by atoms with E-state index < -0.39 is 0 Å². The highest BCUT2D eigenvalue weighted by atomic mass is 32.1. The number of hydrogen-bond donors (Lipinski definition) is 0. The standard InChI is InChI=1S/C19H27N3O2S/c1-13-16(25-14(2)20-13)10-17(23)22-9-7-19(12-22)6-3-8-21(18(19)24)11-15-4-5-15/h15H,3-12H2,1-2H3/t19-/m1/s1. The molecule has 25 heavy (non-hydrogen) atoms. The van der Waals surface area contributed by atoms with E-state index in [-0.39, 0.29) is 11.3 Å². The van der Waals surface area contributed by atoms with Crippen LogP contribution in [0.3, 0.4) is 0 Å². The lowest BCUT2D eigenvalue weighted by molar-refractivity contribution is -0.146. The van der Waals surface area contributed by atoms with E-state index in [1.165, 1.54) is 12.8 Å². The van der Waals surface area contributed by atoms with Crippen LogP contribution >= 0.6 is 11.3 Å². The van der Waals surface area contributed by atoms with Gasteiger partial charge < -0.3 is 9.80 Å². The number of carbonyl (C=O) groups excluding carboxylic acids is 2. The Bertz CT molecular complexity index is 697. The van der Waals surface area contributed by atoms with E-state index in [2.05, 4.69) is 9.88 Å². The second-order valence-corrected chi connectivity index (χ2v) is 9.35. The van der Waals surface area contributed by atoms with Crippen LogP contribution in [0.5, 0.6) is 0 Å². The SMILES string of the molecule is Cc1nc(C)c(CC(=O)N2CC[C@]3(CCCN(CC4CC4)C3=O)C2)s1. The van der Waals surface area contributed by atoms with Crippen molar-refractivity contribution in [1.29, 1.82) is 0 Å². The Morgan fingerprint density at radius 2 is 2.08 bits per heavy atom. The zero-order valence-electron chi connectivity index (χ0n) is 15.2. The first-order chi connectivity index (χ1) is 12.0. The van der Waals surface area contributed by atoms with E-state index >= 15 is 0 Å². The number of piperidine rings is 1. The minimum Gasteiger partial charge on any atom is -0.342 e. The van der Waals surface area contributed by atoms with E-state index in [9.17, 15) is 9.59 Å². The van der Waals surface area contributed by atoms with Crippen LogP contribution in [0.1, 0.15) is 47.7 Å². The zero-order chi connectivity index (χ0) is 17.6. The second kappa shape index (κ2) is 6.38. The molecule has 1 saturated carbocycles. The fourth-order valence-electron chi connectivity index (χ4n) is 4.39. The van der Waals surface area contributed by atoms with Crippen molar-refractivity contribution in [2.24, 2.45) is 11.3 Å². The number of aryl methyl sites for hydroxylation is 2. The number of nitrogens with zero attached hydrogens (tertiary/aromatic N) is 3. The van der Waals surface area contributed by atoms with Gasteiger partial charge in [0.1, 0.15) is 0 Å². The Kier molecular flexibility index (Phi) is 4.34. The average molecular weight is 362 g/mol. The van der Waals surface area contributed by atoms with Crippen LogP contribution in [0, 0.1) is 25.2 Å². The first-order valence-corrected chi connectivity index (χ1v) is 10.3. The highest BCUT2D eigenvalue weighted by Gasteiger charge is 2.49. The molecule has 2 aliphatic heterocycles. The van der Waals surface area contributed by atoms with Crippen LogP contribution in [-0.2, 0) is 16.0 Å². The molecule has 3 aliphatic rings. The van der Waals surface area contributed by atoms with Crippen molar-refractivity contribution in [2.75, 3.05) is 26.2 Å². The molecule has 3 heterocycles. The van der Waals surface area contributed by atoms with Gasteiger partial charge in [-0.2, -0.15) is 0 Å². The number of carbonyl (C=O) groups is 2. The molecule has 4 rings (SSSR count). The van der Waals surface area contributed by atoms with Crippen molar-refractivity contribution in [3.05, 3.63) is 15.6 Å². The van der Waals surface area contributed by atoms with E-state index in [0.29, 0.717) is 18.9 Å². The molecule has 0 N–H and O–H groups in total. The van der Waals surface area contributed by atoms with Crippen LogP contribution in [0.25, 0.3) is 0 Å². The van der Waals surface area contributed by atoms with Crippen molar-refractivity contribution in [2.45, 2.75) is 52.4 Å². The maximum atomic E-state index is 13.1. The minimum absolute atomic E-state index is 0.149. The van der Waals surface area contributed by atoms with Gasteiger partial charge in [0.25, 0.3) is 0 Å². The van der Waals surface area contributed by atoms with E-state index in [4.69, 9.17) is 0 Å². The number of amides is 2. The number of likely N-dealkylation sites (tertiary alicyclic amines) is 2. The summed E-state index contributed by atoms with van der Waals surface area (Å²) in [7, 11) is 0. The van der Waals surface area contributed by atoms with E-state index in [1.54, 1.807) is 11.3 Å². The molecular weight excluding hydrogens is 334 g/mol. The summed E-state index contributed by atoms with van der Waals surface area (Å²) in [5.74, 6) is 1.19. The zero-order valence-corrected chi connectivity index (χ0v) is 16.0. The third-order valence-corrected chi connectivity index (χ3v) is 7.09. The Balaban J connectivity index is 1.41. The molecule has 6 heteroatoms. The molecule has 0 unspecified atom stereocenters. The molecule has 0 radical (unpaired) electrons. The molecule has 1 aromatic rings. The van der Waals surface area contributed by atoms with Gasteiger partial charge in [-0.15, -0.1) is 11.3 Å². The van der Waals surface area contributed by atoms with Gasteiger partial charge in [0.15, 0.2) is 0 Å². The first kappa shape index (κ1) is 17.0. The van der Waals surface area contributed by atoms with Crippen molar-refractivity contribution >= 4 is 23.2 Å². The minimum atomic E-state index is -0.304. The number of aromatic nitrogens is 1. The lowest BCUT2D eigenvalue weighted by Crippen LogP contribution is -2.51. The Morgan fingerprint density at radius 1 is 1.28 bits per heavy atom. The quantitative estimate of drug-likeness (QED) is 0.828. The topological polar surface area (TPSA) is 53.5 Å². The van der Waals surface area contributed by atoms with Gasteiger partial charge in [-0.25, -0.2) is 4.98 Å². The van der Waals surface area contributed by atoms with Crippen molar-refractivity contribution < 1.29 is 9.59 Å². The van der Waals surface area contributed by atoms with Gasteiger partial charge >= 0.3 is 0 Å². The van der Waals surface area contributed by atoms with Gasteiger partial charge in [0, 0.05) is 31.1 Å². The van der Waals surface area contributed by atoms with Crippen LogP contribution < -0.4 is 0 Å². The molecule has 1 atom stereocenters. The smallest absolute Gasteiger partial charge is 0.230 e. The fourth-order valence-corrected chi connectivity index (χ4v) is 5.32. The summed E-state index contributed by atoms with van der Waals surface area (Å²) in [6.45, 7) is 7.13.